The lowest BCUT2D eigenvalue weighted by Crippen LogP contribution is -2.35. The van der Waals surface area contributed by atoms with Gasteiger partial charge in [-0.2, -0.15) is 4.31 Å². The number of para-hydroxylation sites is 1. The highest BCUT2D eigenvalue weighted by molar-refractivity contribution is 7.89. The molecule has 1 aromatic rings. The van der Waals surface area contributed by atoms with Crippen molar-refractivity contribution >= 4 is 15.7 Å². The molecule has 0 bridgehead atoms. The Kier molecular flexibility index (Phi) is 4.70. The fourth-order valence-corrected chi connectivity index (χ4v) is 4.17. The number of sulfonamides is 1. The molecule has 1 N–H and O–H groups in total. The summed E-state index contributed by atoms with van der Waals surface area (Å²) in [6.07, 6.45) is 2.87. The van der Waals surface area contributed by atoms with Crippen LogP contribution >= 0.6 is 0 Å². The van der Waals surface area contributed by atoms with Crippen LogP contribution in [0.15, 0.2) is 29.2 Å². The van der Waals surface area contributed by atoms with Crippen LogP contribution in [0, 0.1) is 5.92 Å². The summed E-state index contributed by atoms with van der Waals surface area (Å²) in [5, 5.41) is 2.97. The topological polar surface area (TPSA) is 49.4 Å². The van der Waals surface area contributed by atoms with Gasteiger partial charge in [-0.25, -0.2) is 8.42 Å². The minimum Gasteiger partial charge on any atom is -0.387 e. The van der Waals surface area contributed by atoms with Gasteiger partial charge in [-0.1, -0.05) is 26.0 Å². The third kappa shape index (κ3) is 3.33. The van der Waals surface area contributed by atoms with Crippen molar-refractivity contribution in [3.63, 3.8) is 0 Å². The summed E-state index contributed by atoms with van der Waals surface area (Å²) < 4.78 is 27.5. The van der Waals surface area contributed by atoms with Crippen molar-refractivity contribution in [2.45, 2.75) is 44.0 Å². The van der Waals surface area contributed by atoms with Gasteiger partial charge in [-0.05, 0) is 37.3 Å². The van der Waals surface area contributed by atoms with Crippen LogP contribution in [0.25, 0.3) is 0 Å². The molecular formula is C15H24N2O2S. The van der Waals surface area contributed by atoms with Crippen LogP contribution in [0.1, 0.15) is 33.1 Å². The van der Waals surface area contributed by atoms with Gasteiger partial charge in [0.25, 0.3) is 0 Å². The van der Waals surface area contributed by atoms with E-state index < -0.39 is 10.0 Å². The number of anilines is 1. The van der Waals surface area contributed by atoms with Gasteiger partial charge in [0.15, 0.2) is 0 Å². The number of rotatable bonds is 7. The van der Waals surface area contributed by atoms with Crippen LogP contribution in [0.3, 0.4) is 0 Å². The summed E-state index contributed by atoms with van der Waals surface area (Å²) in [5.41, 5.74) is 0.669. The van der Waals surface area contributed by atoms with Crippen LogP contribution in [0.5, 0.6) is 0 Å². The molecule has 1 saturated carbocycles. The lowest BCUT2D eigenvalue weighted by atomic mass is 10.1. The first-order chi connectivity index (χ1) is 9.46. The second kappa shape index (κ2) is 6.14. The third-order valence-electron chi connectivity index (χ3n) is 3.62. The normalized spacial score (nSPS) is 15.8. The van der Waals surface area contributed by atoms with Gasteiger partial charge in [-0.3, -0.25) is 0 Å². The maximum absolute atomic E-state index is 12.9. The van der Waals surface area contributed by atoms with Crippen LogP contribution < -0.4 is 5.32 Å². The van der Waals surface area contributed by atoms with Crippen molar-refractivity contribution in [1.82, 2.24) is 4.31 Å². The minimum absolute atomic E-state index is 0.198. The Morgan fingerprint density at radius 3 is 2.50 bits per heavy atom. The van der Waals surface area contributed by atoms with Crippen LogP contribution in [-0.4, -0.2) is 32.4 Å². The van der Waals surface area contributed by atoms with E-state index >= 15 is 0 Å². The van der Waals surface area contributed by atoms with Crippen LogP contribution in [0.2, 0.25) is 0 Å². The van der Waals surface area contributed by atoms with Crippen molar-refractivity contribution in [1.29, 1.82) is 0 Å². The van der Waals surface area contributed by atoms with E-state index in [1.54, 1.807) is 29.6 Å². The van der Waals surface area contributed by atoms with Gasteiger partial charge in [-0.15, -0.1) is 0 Å². The average Bonchev–Trinajstić information content (AvgIpc) is 3.23. The van der Waals surface area contributed by atoms with Gasteiger partial charge in [0.1, 0.15) is 4.90 Å². The molecule has 5 heteroatoms. The maximum atomic E-state index is 12.9. The van der Waals surface area contributed by atoms with E-state index in [1.165, 1.54) is 0 Å². The third-order valence-corrected chi connectivity index (χ3v) is 5.63. The molecule has 0 aromatic heterocycles. The summed E-state index contributed by atoms with van der Waals surface area (Å²) in [5.74, 6) is 0.506. The molecule has 1 aromatic carbocycles. The zero-order valence-electron chi connectivity index (χ0n) is 12.5. The zero-order chi connectivity index (χ0) is 14.8. The van der Waals surface area contributed by atoms with Gasteiger partial charge in [0.05, 0.1) is 5.69 Å². The second-order valence-electron chi connectivity index (χ2n) is 5.78. The van der Waals surface area contributed by atoms with Crippen LogP contribution in [0.4, 0.5) is 5.69 Å². The standard InChI is InChI=1S/C15H24N2O2S/c1-12(2)10-11-17(13-8-9-13)20(18,19)15-7-5-4-6-14(15)16-3/h4-7,12-13,16H,8-11H2,1-3H3. The van der Waals surface area contributed by atoms with Crippen LogP contribution in [-0.2, 0) is 10.0 Å². The maximum Gasteiger partial charge on any atom is 0.245 e. The second-order valence-corrected chi connectivity index (χ2v) is 7.63. The van der Waals surface area contributed by atoms with E-state index in [0.29, 0.717) is 23.0 Å². The quantitative estimate of drug-likeness (QED) is 0.841. The number of nitrogens with one attached hydrogen (secondary N) is 1. The molecule has 2 rings (SSSR count). The van der Waals surface area contributed by atoms with Gasteiger partial charge in [0.2, 0.25) is 10.0 Å². The van der Waals surface area contributed by atoms with Crippen molar-refractivity contribution in [2.75, 3.05) is 18.9 Å². The molecule has 0 heterocycles. The fourth-order valence-electron chi connectivity index (χ4n) is 2.27. The minimum atomic E-state index is -3.41. The average molecular weight is 296 g/mol. The van der Waals surface area contributed by atoms with Gasteiger partial charge < -0.3 is 5.32 Å². The Balaban J connectivity index is 2.30. The fraction of sp³-hybridized carbons (Fsp3) is 0.600. The van der Waals surface area contributed by atoms with Gasteiger partial charge in [0, 0.05) is 19.6 Å². The summed E-state index contributed by atoms with van der Waals surface area (Å²) in [6, 6.07) is 7.32. The van der Waals surface area contributed by atoms with E-state index in [4.69, 9.17) is 0 Å². The highest BCUT2D eigenvalue weighted by Crippen LogP contribution is 2.34. The highest BCUT2D eigenvalue weighted by Gasteiger charge is 2.38. The summed E-state index contributed by atoms with van der Waals surface area (Å²) >= 11 is 0. The number of hydrogen-bond acceptors (Lipinski definition) is 3. The Morgan fingerprint density at radius 1 is 1.30 bits per heavy atom. The Morgan fingerprint density at radius 2 is 1.95 bits per heavy atom. The molecular weight excluding hydrogens is 272 g/mol. The molecule has 1 aliphatic rings. The molecule has 0 aliphatic heterocycles. The molecule has 20 heavy (non-hydrogen) atoms. The molecule has 1 aliphatic carbocycles. The first-order valence-electron chi connectivity index (χ1n) is 7.25. The smallest absolute Gasteiger partial charge is 0.245 e. The first kappa shape index (κ1) is 15.3. The van der Waals surface area contributed by atoms with Crippen molar-refractivity contribution in [3.8, 4) is 0 Å². The molecule has 0 amide bonds. The predicted octanol–water partition coefficient (Wildman–Crippen LogP) is 2.93. The molecule has 4 nitrogen and oxygen atoms in total. The summed E-state index contributed by atoms with van der Waals surface area (Å²) in [7, 11) is -1.65. The molecule has 0 radical (unpaired) electrons. The zero-order valence-corrected chi connectivity index (χ0v) is 13.3. The van der Waals surface area contributed by atoms with E-state index in [9.17, 15) is 8.42 Å². The molecule has 112 valence electrons. The Hall–Kier alpha value is -1.07. The van der Waals surface area contributed by atoms with E-state index in [2.05, 4.69) is 19.2 Å². The monoisotopic (exact) mass is 296 g/mol. The SMILES string of the molecule is CNc1ccccc1S(=O)(=O)N(CCC(C)C)C1CC1. The predicted molar refractivity (Wildman–Crippen MR) is 82.4 cm³/mol. The Bertz CT molecular complexity index is 551. The first-order valence-corrected chi connectivity index (χ1v) is 8.69. The Labute approximate surface area is 122 Å². The highest BCUT2D eigenvalue weighted by atomic mass is 32.2. The van der Waals surface area contributed by atoms with Crippen molar-refractivity contribution in [2.24, 2.45) is 5.92 Å². The molecule has 1 fully saturated rings. The largest absolute Gasteiger partial charge is 0.387 e. The van der Waals surface area contributed by atoms with E-state index in [-0.39, 0.29) is 6.04 Å². The van der Waals surface area contributed by atoms with E-state index in [1.807, 2.05) is 6.07 Å². The van der Waals surface area contributed by atoms with E-state index in [0.717, 1.165) is 19.3 Å². The number of benzene rings is 1. The van der Waals surface area contributed by atoms with Gasteiger partial charge >= 0.3 is 0 Å². The lowest BCUT2D eigenvalue weighted by Gasteiger charge is -2.24. The van der Waals surface area contributed by atoms with Crippen molar-refractivity contribution < 1.29 is 8.42 Å². The number of hydrogen-bond donors (Lipinski definition) is 1. The molecule has 0 spiro atoms. The van der Waals surface area contributed by atoms with Crippen molar-refractivity contribution in [3.05, 3.63) is 24.3 Å². The summed E-state index contributed by atoms with van der Waals surface area (Å²) in [6.45, 7) is 4.86. The lowest BCUT2D eigenvalue weighted by molar-refractivity contribution is 0.373. The number of nitrogens with zero attached hydrogens (tertiary/aromatic N) is 1. The molecule has 0 saturated heterocycles. The molecule has 0 atom stereocenters. The summed E-state index contributed by atoms with van der Waals surface area (Å²) in [4.78, 5) is 0.387. The molecule has 0 unspecified atom stereocenters.